The Bertz CT molecular complexity index is 436. The number of nitrogen functional groups attached to an aromatic ring is 1. The van der Waals surface area contributed by atoms with Crippen molar-refractivity contribution in [3.63, 3.8) is 0 Å². The predicted molar refractivity (Wildman–Crippen MR) is 70.1 cm³/mol. The quantitative estimate of drug-likeness (QED) is 0.810. The second kappa shape index (κ2) is 4.84. The average Bonchev–Trinajstić information content (AvgIpc) is 2.64. The monoisotopic (exact) mass is 253 g/mol. The molecule has 1 fully saturated rings. The largest absolute Gasteiger partial charge is 0.398 e. The maximum Gasteiger partial charge on any atom is 0.224 e. The molecular weight excluding hydrogens is 238 g/mol. The van der Waals surface area contributed by atoms with Crippen LogP contribution in [0.4, 0.5) is 11.4 Å². The van der Waals surface area contributed by atoms with Crippen LogP contribution in [0.2, 0.25) is 5.02 Å². The van der Waals surface area contributed by atoms with E-state index in [1.165, 1.54) is 0 Å². The fourth-order valence-corrected chi connectivity index (χ4v) is 2.21. The number of hydrogen-bond donors (Lipinski definition) is 2. The van der Waals surface area contributed by atoms with Crippen LogP contribution in [0.1, 0.15) is 13.3 Å². The second-order valence-electron chi connectivity index (χ2n) is 4.21. The highest BCUT2D eigenvalue weighted by Gasteiger charge is 2.28. The highest BCUT2D eigenvalue weighted by Crippen LogP contribution is 2.24. The molecule has 2 rings (SSSR count). The van der Waals surface area contributed by atoms with Crippen LogP contribution in [0.3, 0.4) is 0 Å². The zero-order valence-electron chi connectivity index (χ0n) is 9.74. The number of hydrogen-bond acceptors (Lipinski definition) is 3. The highest BCUT2D eigenvalue weighted by atomic mass is 35.5. The Morgan fingerprint density at radius 2 is 2.35 bits per heavy atom. The lowest BCUT2D eigenvalue weighted by atomic mass is 10.2. The average molecular weight is 254 g/mol. The first-order valence-corrected chi connectivity index (χ1v) is 6.07. The minimum Gasteiger partial charge on any atom is -0.398 e. The zero-order valence-corrected chi connectivity index (χ0v) is 10.5. The van der Waals surface area contributed by atoms with Gasteiger partial charge in [-0.05, 0) is 25.1 Å². The van der Waals surface area contributed by atoms with E-state index in [2.05, 4.69) is 5.32 Å². The van der Waals surface area contributed by atoms with E-state index in [1.54, 1.807) is 12.1 Å². The number of amides is 1. The molecule has 17 heavy (non-hydrogen) atoms. The molecule has 1 aliphatic heterocycles. The van der Waals surface area contributed by atoms with Crippen LogP contribution in [0.25, 0.3) is 0 Å². The number of benzene rings is 1. The summed E-state index contributed by atoms with van der Waals surface area (Å²) < 4.78 is 0. The first-order valence-electron chi connectivity index (χ1n) is 5.69. The van der Waals surface area contributed by atoms with Gasteiger partial charge < -0.3 is 16.0 Å². The van der Waals surface area contributed by atoms with Crippen molar-refractivity contribution in [2.45, 2.75) is 19.4 Å². The normalized spacial score (nSPS) is 19.8. The molecule has 92 valence electrons. The number of likely N-dealkylation sites (tertiary alicyclic amines) is 1. The molecule has 1 aromatic rings. The van der Waals surface area contributed by atoms with Crippen molar-refractivity contribution >= 4 is 28.9 Å². The van der Waals surface area contributed by atoms with Crippen LogP contribution < -0.4 is 11.1 Å². The van der Waals surface area contributed by atoms with Gasteiger partial charge in [-0.2, -0.15) is 0 Å². The van der Waals surface area contributed by atoms with Gasteiger partial charge in [0.2, 0.25) is 5.91 Å². The van der Waals surface area contributed by atoms with Crippen molar-refractivity contribution in [1.29, 1.82) is 0 Å². The molecule has 1 atom stereocenters. The lowest BCUT2D eigenvalue weighted by molar-refractivity contribution is -0.127. The van der Waals surface area contributed by atoms with Crippen molar-refractivity contribution < 1.29 is 4.79 Å². The Labute approximate surface area is 106 Å². The zero-order chi connectivity index (χ0) is 12.4. The molecule has 1 aliphatic rings. The standard InChI is InChI=1S/C12H16ClN3O/c1-2-16-7-9(6-12(16)17)15-8-3-4-11(14)10(13)5-8/h3-5,9,15H,2,6-7,14H2,1H3/t9-/m0/s1. The van der Waals surface area contributed by atoms with Gasteiger partial charge in [0.25, 0.3) is 0 Å². The van der Waals surface area contributed by atoms with E-state index in [0.29, 0.717) is 17.1 Å². The van der Waals surface area contributed by atoms with Crippen LogP contribution >= 0.6 is 11.6 Å². The van der Waals surface area contributed by atoms with E-state index in [4.69, 9.17) is 17.3 Å². The van der Waals surface area contributed by atoms with Gasteiger partial charge in [0.15, 0.2) is 0 Å². The van der Waals surface area contributed by atoms with Crippen LogP contribution in [0.15, 0.2) is 18.2 Å². The molecule has 0 unspecified atom stereocenters. The van der Waals surface area contributed by atoms with E-state index >= 15 is 0 Å². The summed E-state index contributed by atoms with van der Waals surface area (Å²) in [6.45, 7) is 3.50. The number of nitrogens with two attached hydrogens (primary N) is 1. The second-order valence-corrected chi connectivity index (χ2v) is 4.62. The molecule has 0 saturated carbocycles. The van der Waals surface area contributed by atoms with Crippen molar-refractivity contribution in [1.82, 2.24) is 4.90 Å². The summed E-state index contributed by atoms with van der Waals surface area (Å²) in [5, 5.41) is 3.84. The molecule has 1 heterocycles. The SMILES string of the molecule is CCN1C[C@@H](Nc2ccc(N)c(Cl)c2)CC1=O. The molecule has 1 aromatic carbocycles. The van der Waals surface area contributed by atoms with Gasteiger partial charge in [-0.25, -0.2) is 0 Å². The number of carbonyl (C=O) groups is 1. The molecule has 0 aromatic heterocycles. The van der Waals surface area contributed by atoms with Gasteiger partial charge in [0, 0.05) is 25.2 Å². The van der Waals surface area contributed by atoms with E-state index in [-0.39, 0.29) is 11.9 Å². The molecule has 0 aliphatic carbocycles. The summed E-state index contributed by atoms with van der Waals surface area (Å²) in [5.74, 6) is 0.201. The Morgan fingerprint density at radius 3 is 2.94 bits per heavy atom. The summed E-state index contributed by atoms with van der Waals surface area (Å²) >= 11 is 5.94. The van der Waals surface area contributed by atoms with E-state index < -0.39 is 0 Å². The van der Waals surface area contributed by atoms with E-state index in [0.717, 1.165) is 18.8 Å². The minimum atomic E-state index is 0.155. The Balaban J connectivity index is 2.02. The fourth-order valence-electron chi connectivity index (χ4n) is 2.03. The summed E-state index contributed by atoms with van der Waals surface area (Å²) in [7, 11) is 0. The summed E-state index contributed by atoms with van der Waals surface area (Å²) in [5.41, 5.74) is 7.11. The minimum absolute atomic E-state index is 0.155. The first kappa shape index (κ1) is 12.0. The Morgan fingerprint density at radius 1 is 1.59 bits per heavy atom. The molecule has 3 N–H and O–H groups in total. The Hall–Kier alpha value is -1.42. The third-order valence-electron chi connectivity index (χ3n) is 2.97. The number of nitrogens with zero attached hydrogens (tertiary/aromatic N) is 1. The third-order valence-corrected chi connectivity index (χ3v) is 3.29. The topological polar surface area (TPSA) is 58.4 Å². The van der Waals surface area contributed by atoms with Crippen LogP contribution in [0.5, 0.6) is 0 Å². The maximum absolute atomic E-state index is 11.6. The summed E-state index contributed by atoms with van der Waals surface area (Å²) in [4.78, 5) is 13.4. The molecule has 5 heteroatoms. The number of nitrogens with one attached hydrogen (secondary N) is 1. The predicted octanol–water partition coefficient (Wildman–Crippen LogP) is 1.95. The number of halogens is 1. The van der Waals surface area contributed by atoms with Crippen LogP contribution in [-0.4, -0.2) is 29.9 Å². The van der Waals surface area contributed by atoms with E-state index in [1.807, 2.05) is 17.9 Å². The molecule has 1 amide bonds. The molecular formula is C12H16ClN3O. The van der Waals surface area contributed by atoms with Gasteiger partial charge in [0.1, 0.15) is 0 Å². The lowest BCUT2D eigenvalue weighted by Gasteiger charge is -2.16. The van der Waals surface area contributed by atoms with Gasteiger partial charge in [-0.1, -0.05) is 11.6 Å². The molecule has 0 bridgehead atoms. The van der Waals surface area contributed by atoms with Crippen molar-refractivity contribution in [2.75, 3.05) is 24.1 Å². The molecule has 4 nitrogen and oxygen atoms in total. The summed E-state index contributed by atoms with van der Waals surface area (Å²) in [6, 6.07) is 5.58. The third kappa shape index (κ3) is 2.64. The van der Waals surface area contributed by atoms with E-state index in [9.17, 15) is 4.79 Å². The van der Waals surface area contributed by atoms with Crippen molar-refractivity contribution in [3.05, 3.63) is 23.2 Å². The van der Waals surface area contributed by atoms with Crippen molar-refractivity contribution in [2.24, 2.45) is 0 Å². The number of carbonyl (C=O) groups excluding carboxylic acids is 1. The maximum atomic E-state index is 11.6. The summed E-state index contributed by atoms with van der Waals surface area (Å²) in [6.07, 6.45) is 0.538. The van der Waals surface area contributed by atoms with Crippen LogP contribution in [-0.2, 0) is 4.79 Å². The number of likely N-dealkylation sites (N-methyl/N-ethyl adjacent to an activating group) is 1. The first-order chi connectivity index (χ1) is 8.10. The molecule has 0 radical (unpaired) electrons. The number of anilines is 2. The van der Waals surface area contributed by atoms with Gasteiger partial charge in [-0.15, -0.1) is 0 Å². The van der Waals surface area contributed by atoms with Gasteiger partial charge in [0.05, 0.1) is 16.8 Å². The lowest BCUT2D eigenvalue weighted by Crippen LogP contribution is -2.27. The smallest absolute Gasteiger partial charge is 0.224 e. The molecule has 1 saturated heterocycles. The van der Waals surface area contributed by atoms with Gasteiger partial charge >= 0.3 is 0 Å². The van der Waals surface area contributed by atoms with Crippen LogP contribution in [0, 0.1) is 0 Å². The number of rotatable bonds is 3. The molecule has 0 spiro atoms. The van der Waals surface area contributed by atoms with Crippen molar-refractivity contribution in [3.8, 4) is 0 Å². The van der Waals surface area contributed by atoms with Gasteiger partial charge in [-0.3, -0.25) is 4.79 Å². The highest BCUT2D eigenvalue weighted by molar-refractivity contribution is 6.33. The fraction of sp³-hybridized carbons (Fsp3) is 0.417. The Kier molecular flexibility index (Phi) is 3.43.